The molecule has 2 nitrogen and oxygen atoms in total. The Labute approximate surface area is 82.1 Å². The van der Waals surface area contributed by atoms with Gasteiger partial charge in [0.1, 0.15) is 0 Å². The average Bonchev–Trinajstić information content (AvgIpc) is 2.06. The molecule has 1 aliphatic carbocycles. The van der Waals surface area contributed by atoms with Crippen molar-refractivity contribution in [1.82, 2.24) is 5.32 Å². The van der Waals surface area contributed by atoms with Crippen LogP contribution in [0.2, 0.25) is 0 Å². The van der Waals surface area contributed by atoms with Crippen LogP contribution in [0.25, 0.3) is 0 Å². The molecular weight excluding hydrogens is 162 g/mol. The van der Waals surface area contributed by atoms with Crippen molar-refractivity contribution in [1.29, 1.82) is 0 Å². The van der Waals surface area contributed by atoms with E-state index in [1.165, 1.54) is 32.1 Å². The second kappa shape index (κ2) is 6.01. The molecule has 1 amide bonds. The summed E-state index contributed by atoms with van der Waals surface area (Å²) in [5.41, 5.74) is 0. The molecular formula is C11H23NO. The fraction of sp³-hybridized carbons (Fsp3) is 0.909. The molecule has 0 aromatic heterocycles. The van der Waals surface area contributed by atoms with Crippen LogP contribution >= 0.6 is 0 Å². The minimum Gasteiger partial charge on any atom is -0.353 e. The average molecular weight is 185 g/mol. The smallest absolute Gasteiger partial charge is 0.222 e. The van der Waals surface area contributed by atoms with Crippen molar-refractivity contribution in [2.24, 2.45) is 5.92 Å². The van der Waals surface area contributed by atoms with Gasteiger partial charge in [-0.25, -0.2) is 0 Å². The molecule has 0 aromatic rings. The van der Waals surface area contributed by atoms with Crippen molar-refractivity contribution in [3.05, 3.63) is 0 Å². The number of hydrogen-bond acceptors (Lipinski definition) is 1. The van der Waals surface area contributed by atoms with E-state index in [2.05, 4.69) is 5.32 Å². The fourth-order valence-corrected chi connectivity index (χ4v) is 1.61. The first-order valence-electron chi connectivity index (χ1n) is 5.00. The summed E-state index contributed by atoms with van der Waals surface area (Å²) in [6.45, 7) is 3.89. The summed E-state index contributed by atoms with van der Waals surface area (Å²) in [4.78, 5) is 11.3. The Kier molecular flexibility index (Phi) is 5.76. The molecule has 0 aromatic carbocycles. The highest BCUT2D eigenvalue weighted by molar-refractivity contribution is 5.78. The van der Waals surface area contributed by atoms with Crippen LogP contribution in [0.3, 0.4) is 0 Å². The topological polar surface area (TPSA) is 29.1 Å². The summed E-state index contributed by atoms with van der Waals surface area (Å²) in [7, 11) is 0. The summed E-state index contributed by atoms with van der Waals surface area (Å²) in [5.74, 6) is 0.342. The Bertz CT molecular complexity index is 148. The van der Waals surface area contributed by atoms with E-state index >= 15 is 0 Å². The first-order chi connectivity index (χ1) is 5.70. The van der Waals surface area contributed by atoms with Crippen molar-refractivity contribution in [3.8, 4) is 0 Å². The molecule has 2 heteroatoms. The Morgan fingerprint density at radius 2 is 1.77 bits per heavy atom. The van der Waals surface area contributed by atoms with Gasteiger partial charge in [-0.1, -0.05) is 40.5 Å². The highest BCUT2D eigenvalue weighted by atomic mass is 16.1. The van der Waals surface area contributed by atoms with Crippen LogP contribution in [-0.4, -0.2) is 11.9 Å². The summed E-state index contributed by atoms with van der Waals surface area (Å²) < 4.78 is 0. The van der Waals surface area contributed by atoms with Crippen molar-refractivity contribution < 1.29 is 4.79 Å². The second-order valence-corrected chi connectivity index (χ2v) is 4.00. The standard InChI is InChI=1S/C10H19NO.CH4/c1-8(2)10(12)11-9-6-4-3-5-7-9;/h8-9H,3-7H2,1-2H3,(H,11,12);1H4. The van der Waals surface area contributed by atoms with E-state index in [1.54, 1.807) is 0 Å². The molecule has 13 heavy (non-hydrogen) atoms. The molecule has 0 atom stereocenters. The maximum Gasteiger partial charge on any atom is 0.222 e. The largest absolute Gasteiger partial charge is 0.353 e. The van der Waals surface area contributed by atoms with Crippen molar-refractivity contribution in [3.63, 3.8) is 0 Å². The zero-order valence-electron chi connectivity index (χ0n) is 8.10. The summed E-state index contributed by atoms with van der Waals surface area (Å²) >= 11 is 0. The number of carbonyl (C=O) groups excluding carboxylic acids is 1. The third-order valence-corrected chi connectivity index (χ3v) is 2.48. The van der Waals surface area contributed by atoms with Gasteiger partial charge in [-0.3, -0.25) is 4.79 Å². The quantitative estimate of drug-likeness (QED) is 0.704. The number of carbonyl (C=O) groups is 1. The van der Waals surface area contributed by atoms with Gasteiger partial charge in [-0.2, -0.15) is 0 Å². The molecule has 0 bridgehead atoms. The summed E-state index contributed by atoms with van der Waals surface area (Å²) in [6, 6.07) is 0.466. The highest BCUT2D eigenvalue weighted by Crippen LogP contribution is 2.17. The maximum atomic E-state index is 11.3. The van der Waals surface area contributed by atoms with Crippen LogP contribution < -0.4 is 5.32 Å². The SMILES string of the molecule is C.CC(C)C(=O)NC1CCCCC1. The van der Waals surface area contributed by atoms with Gasteiger partial charge in [-0.05, 0) is 12.8 Å². The van der Waals surface area contributed by atoms with E-state index in [1.807, 2.05) is 13.8 Å². The zero-order valence-corrected chi connectivity index (χ0v) is 8.10. The third-order valence-electron chi connectivity index (χ3n) is 2.48. The van der Waals surface area contributed by atoms with Crippen LogP contribution in [0, 0.1) is 5.92 Å². The Morgan fingerprint density at radius 3 is 2.23 bits per heavy atom. The number of amides is 1. The number of hydrogen-bond donors (Lipinski definition) is 1. The van der Waals surface area contributed by atoms with Gasteiger partial charge in [0, 0.05) is 12.0 Å². The minimum absolute atomic E-state index is 0. The lowest BCUT2D eigenvalue weighted by Crippen LogP contribution is -2.38. The first-order valence-corrected chi connectivity index (χ1v) is 5.00. The summed E-state index contributed by atoms with van der Waals surface area (Å²) in [6.07, 6.45) is 6.26. The second-order valence-electron chi connectivity index (χ2n) is 4.00. The number of rotatable bonds is 2. The minimum atomic E-state index is 0. The Morgan fingerprint density at radius 1 is 1.23 bits per heavy atom. The van der Waals surface area contributed by atoms with E-state index in [9.17, 15) is 4.79 Å². The van der Waals surface area contributed by atoms with Gasteiger partial charge in [0.25, 0.3) is 0 Å². The Balaban J connectivity index is 0.00000144. The zero-order chi connectivity index (χ0) is 8.97. The predicted octanol–water partition coefficient (Wildman–Crippen LogP) is 2.73. The van der Waals surface area contributed by atoms with Crippen LogP contribution in [0.15, 0.2) is 0 Å². The lowest BCUT2D eigenvalue weighted by Gasteiger charge is -2.23. The third kappa shape index (κ3) is 4.30. The van der Waals surface area contributed by atoms with E-state index in [4.69, 9.17) is 0 Å². The van der Waals surface area contributed by atoms with Crippen LogP contribution in [-0.2, 0) is 4.79 Å². The molecule has 0 radical (unpaired) electrons. The van der Waals surface area contributed by atoms with E-state index < -0.39 is 0 Å². The molecule has 1 saturated carbocycles. The van der Waals surface area contributed by atoms with Crippen LogP contribution in [0.1, 0.15) is 53.4 Å². The molecule has 0 unspecified atom stereocenters. The van der Waals surface area contributed by atoms with Gasteiger partial charge in [0.05, 0.1) is 0 Å². The Hall–Kier alpha value is -0.530. The molecule has 1 aliphatic rings. The van der Waals surface area contributed by atoms with Gasteiger partial charge < -0.3 is 5.32 Å². The molecule has 78 valence electrons. The van der Waals surface area contributed by atoms with Gasteiger partial charge in [0.15, 0.2) is 0 Å². The first kappa shape index (κ1) is 12.5. The van der Waals surface area contributed by atoms with Crippen molar-refractivity contribution in [2.75, 3.05) is 0 Å². The normalized spacial score (nSPS) is 18.1. The van der Waals surface area contributed by atoms with Crippen molar-refractivity contribution in [2.45, 2.75) is 59.4 Å². The predicted molar refractivity (Wildman–Crippen MR) is 56.6 cm³/mol. The van der Waals surface area contributed by atoms with Gasteiger partial charge in [0.2, 0.25) is 5.91 Å². The molecule has 0 saturated heterocycles. The molecule has 0 spiro atoms. The van der Waals surface area contributed by atoms with Gasteiger partial charge >= 0.3 is 0 Å². The lowest BCUT2D eigenvalue weighted by atomic mass is 9.95. The number of nitrogens with one attached hydrogen (secondary N) is 1. The van der Waals surface area contributed by atoms with E-state index in [0.717, 1.165) is 0 Å². The fourth-order valence-electron chi connectivity index (χ4n) is 1.61. The molecule has 0 heterocycles. The lowest BCUT2D eigenvalue weighted by molar-refractivity contribution is -0.124. The van der Waals surface area contributed by atoms with Gasteiger partial charge in [-0.15, -0.1) is 0 Å². The van der Waals surface area contributed by atoms with E-state index in [0.29, 0.717) is 6.04 Å². The monoisotopic (exact) mass is 185 g/mol. The maximum absolute atomic E-state index is 11.3. The van der Waals surface area contributed by atoms with Crippen molar-refractivity contribution >= 4 is 5.91 Å². The van der Waals surface area contributed by atoms with Crippen LogP contribution in [0.5, 0.6) is 0 Å². The van der Waals surface area contributed by atoms with E-state index in [-0.39, 0.29) is 19.3 Å². The molecule has 1 N–H and O–H groups in total. The van der Waals surface area contributed by atoms with Crippen LogP contribution in [0.4, 0.5) is 0 Å². The highest BCUT2D eigenvalue weighted by Gasteiger charge is 2.16. The molecule has 1 fully saturated rings. The molecule has 1 rings (SSSR count). The molecule has 0 aliphatic heterocycles. The summed E-state index contributed by atoms with van der Waals surface area (Å²) in [5, 5.41) is 3.08.